The third kappa shape index (κ3) is 2.64. The van der Waals surface area contributed by atoms with E-state index in [1.54, 1.807) is 24.3 Å². The topological polar surface area (TPSA) is 82.0 Å². The summed E-state index contributed by atoms with van der Waals surface area (Å²) < 4.78 is 0. The smallest absolute Gasteiger partial charge is 0.206 e. The molecule has 0 amide bonds. The number of aromatic nitrogens is 1. The minimum Gasteiger partial charge on any atom is -0.399 e. The minimum atomic E-state index is -0.104. The van der Waals surface area contributed by atoms with Gasteiger partial charge in [-0.15, -0.1) is 11.3 Å². The molecule has 3 aromatic rings. The molecule has 1 heterocycles. The van der Waals surface area contributed by atoms with Gasteiger partial charge in [-0.05, 0) is 24.3 Å². The first-order chi connectivity index (χ1) is 10.1. The normalized spacial score (nSPS) is 10.5. The second-order valence-corrected chi connectivity index (χ2v) is 5.55. The molecule has 0 aliphatic rings. The van der Waals surface area contributed by atoms with E-state index in [0.29, 0.717) is 21.1 Å². The van der Waals surface area contributed by atoms with E-state index in [1.165, 1.54) is 11.3 Å². The lowest BCUT2D eigenvalue weighted by atomic mass is 10.1. The highest BCUT2D eigenvalue weighted by Gasteiger charge is 2.18. The van der Waals surface area contributed by atoms with Crippen molar-refractivity contribution in [2.45, 2.75) is 0 Å². The summed E-state index contributed by atoms with van der Waals surface area (Å²) in [6, 6.07) is 16.4. The number of nitrogens with two attached hydrogens (primary N) is 2. The number of hydrogen-bond acceptors (Lipinski definition) is 5. The first-order valence-electron chi connectivity index (χ1n) is 6.37. The van der Waals surface area contributed by atoms with Crippen LogP contribution >= 0.6 is 11.3 Å². The quantitative estimate of drug-likeness (QED) is 0.574. The number of hydrogen-bond donors (Lipinski definition) is 2. The molecule has 4 N–H and O–H groups in total. The SMILES string of the molecule is Nc1ccc(-c2nc(N)c(C(=O)c3ccccc3)s2)cc1. The predicted octanol–water partition coefficient (Wildman–Crippen LogP) is 3.21. The van der Waals surface area contributed by atoms with E-state index in [-0.39, 0.29) is 11.6 Å². The number of carbonyl (C=O) groups is 1. The van der Waals surface area contributed by atoms with Crippen molar-refractivity contribution >= 4 is 28.6 Å². The minimum absolute atomic E-state index is 0.104. The molecule has 0 atom stereocenters. The summed E-state index contributed by atoms with van der Waals surface area (Å²) in [7, 11) is 0. The standard InChI is InChI=1S/C16H13N3OS/c17-12-8-6-11(7-9-12)16-19-15(18)14(21-16)13(20)10-4-2-1-3-5-10/h1-9H,17-18H2. The maximum atomic E-state index is 12.4. The summed E-state index contributed by atoms with van der Waals surface area (Å²) in [6.07, 6.45) is 0. The molecular weight excluding hydrogens is 282 g/mol. The number of carbonyl (C=O) groups excluding carboxylic acids is 1. The molecule has 4 nitrogen and oxygen atoms in total. The molecule has 2 aromatic carbocycles. The van der Waals surface area contributed by atoms with Gasteiger partial charge in [0.05, 0.1) is 0 Å². The Labute approximate surface area is 126 Å². The summed E-state index contributed by atoms with van der Waals surface area (Å²) in [5.41, 5.74) is 13.8. The molecule has 0 aliphatic heterocycles. The van der Waals surface area contributed by atoms with Crippen LogP contribution < -0.4 is 11.5 Å². The van der Waals surface area contributed by atoms with Crippen LogP contribution in [0.25, 0.3) is 10.6 Å². The highest BCUT2D eigenvalue weighted by molar-refractivity contribution is 7.17. The number of nitrogens with zero attached hydrogens (tertiary/aromatic N) is 1. The Hall–Kier alpha value is -2.66. The van der Waals surface area contributed by atoms with Gasteiger partial charge < -0.3 is 11.5 Å². The Morgan fingerprint density at radius 3 is 2.29 bits per heavy atom. The molecule has 0 spiro atoms. The Morgan fingerprint density at radius 1 is 0.952 bits per heavy atom. The summed E-state index contributed by atoms with van der Waals surface area (Å²) in [4.78, 5) is 17.2. The van der Waals surface area contributed by atoms with Gasteiger partial charge in [0.25, 0.3) is 0 Å². The van der Waals surface area contributed by atoms with Crippen molar-refractivity contribution in [1.29, 1.82) is 0 Å². The van der Waals surface area contributed by atoms with Crippen molar-refractivity contribution in [3.05, 3.63) is 65.0 Å². The highest BCUT2D eigenvalue weighted by Crippen LogP contribution is 2.31. The zero-order chi connectivity index (χ0) is 14.8. The number of anilines is 2. The van der Waals surface area contributed by atoms with E-state index in [1.807, 2.05) is 30.3 Å². The largest absolute Gasteiger partial charge is 0.399 e. The van der Waals surface area contributed by atoms with Gasteiger partial charge in [-0.25, -0.2) is 4.98 Å². The number of benzene rings is 2. The number of rotatable bonds is 3. The molecule has 0 saturated heterocycles. The lowest BCUT2D eigenvalue weighted by Gasteiger charge is -1.97. The molecule has 21 heavy (non-hydrogen) atoms. The van der Waals surface area contributed by atoms with Gasteiger partial charge >= 0.3 is 0 Å². The lowest BCUT2D eigenvalue weighted by Crippen LogP contribution is -2.02. The zero-order valence-corrected chi connectivity index (χ0v) is 11.9. The van der Waals surface area contributed by atoms with Crippen LogP contribution in [-0.2, 0) is 0 Å². The van der Waals surface area contributed by atoms with Gasteiger partial charge in [-0.1, -0.05) is 30.3 Å². The van der Waals surface area contributed by atoms with E-state index >= 15 is 0 Å². The molecule has 0 saturated carbocycles. The Morgan fingerprint density at radius 2 is 1.62 bits per heavy atom. The van der Waals surface area contributed by atoms with Gasteiger partial charge in [-0.2, -0.15) is 0 Å². The van der Waals surface area contributed by atoms with Gasteiger partial charge in [-0.3, -0.25) is 4.79 Å². The van der Waals surface area contributed by atoms with E-state index in [0.717, 1.165) is 5.56 Å². The van der Waals surface area contributed by atoms with Crippen LogP contribution in [0.5, 0.6) is 0 Å². The molecule has 0 radical (unpaired) electrons. The fourth-order valence-electron chi connectivity index (χ4n) is 1.96. The number of thiazole rings is 1. The van der Waals surface area contributed by atoms with E-state index in [9.17, 15) is 4.79 Å². The van der Waals surface area contributed by atoms with Crippen LogP contribution in [0.2, 0.25) is 0 Å². The third-order valence-electron chi connectivity index (χ3n) is 3.05. The highest BCUT2D eigenvalue weighted by atomic mass is 32.1. The average molecular weight is 295 g/mol. The zero-order valence-electron chi connectivity index (χ0n) is 11.1. The van der Waals surface area contributed by atoms with Crippen molar-refractivity contribution < 1.29 is 4.79 Å². The van der Waals surface area contributed by atoms with Crippen molar-refractivity contribution in [3.8, 4) is 10.6 Å². The molecule has 0 unspecified atom stereocenters. The van der Waals surface area contributed by atoms with E-state index in [2.05, 4.69) is 4.98 Å². The van der Waals surface area contributed by atoms with Crippen LogP contribution in [0.1, 0.15) is 15.2 Å². The van der Waals surface area contributed by atoms with Crippen molar-refractivity contribution in [3.63, 3.8) is 0 Å². The van der Waals surface area contributed by atoms with Crippen LogP contribution in [0.3, 0.4) is 0 Å². The molecule has 1 aromatic heterocycles. The summed E-state index contributed by atoms with van der Waals surface area (Å²) in [6.45, 7) is 0. The molecule has 104 valence electrons. The fraction of sp³-hybridized carbons (Fsp3) is 0. The van der Waals surface area contributed by atoms with E-state index < -0.39 is 0 Å². The van der Waals surface area contributed by atoms with Crippen LogP contribution in [0, 0.1) is 0 Å². The van der Waals surface area contributed by atoms with Crippen LogP contribution in [0.4, 0.5) is 11.5 Å². The average Bonchev–Trinajstić information content (AvgIpc) is 2.90. The Balaban J connectivity index is 1.98. The van der Waals surface area contributed by atoms with Crippen LogP contribution in [0.15, 0.2) is 54.6 Å². The number of ketones is 1. The Kier molecular flexibility index (Phi) is 3.41. The van der Waals surface area contributed by atoms with Crippen LogP contribution in [-0.4, -0.2) is 10.8 Å². The first kappa shape index (κ1) is 13.3. The molecule has 0 fully saturated rings. The first-order valence-corrected chi connectivity index (χ1v) is 7.19. The van der Waals surface area contributed by atoms with Gasteiger partial charge in [0.1, 0.15) is 15.7 Å². The van der Waals surface area contributed by atoms with Crippen molar-refractivity contribution in [1.82, 2.24) is 4.98 Å². The summed E-state index contributed by atoms with van der Waals surface area (Å²) >= 11 is 1.29. The molecule has 3 rings (SSSR count). The molecule has 5 heteroatoms. The van der Waals surface area contributed by atoms with E-state index in [4.69, 9.17) is 11.5 Å². The van der Waals surface area contributed by atoms with Gasteiger partial charge in [0.15, 0.2) is 0 Å². The third-order valence-corrected chi connectivity index (χ3v) is 4.17. The predicted molar refractivity (Wildman–Crippen MR) is 86.2 cm³/mol. The molecule has 0 bridgehead atoms. The van der Waals surface area contributed by atoms with Gasteiger partial charge in [0.2, 0.25) is 5.78 Å². The molecular formula is C16H13N3OS. The second-order valence-electron chi connectivity index (χ2n) is 4.55. The fourth-order valence-corrected chi connectivity index (χ4v) is 2.92. The summed E-state index contributed by atoms with van der Waals surface area (Å²) in [5, 5.41) is 0.715. The maximum absolute atomic E-state index is 12.4. The monoisotopic (exact) mass is 295 g/mol. The molecule has 0 aliphatic carbocycles. The van der Waals surface area contributed by atoms with Crippen molar-refractivity contribution in [2.24, 2.45) is 0 Å². The summed E-state index contributed by atoms with van der Waals surface area (Å²) in [5.74, 6) is 0.160. The number of nitrogen functional groups attached to an aromatic ring is 2. The second kappa shape index (κ2) is 5.38. The van der Waals surface area contributed by atoms with Gasteiger partial charge in [0, 0.05) is 16.8 Å². The van der Waals surface area contributed by atoms with Crippen molar-refractivity contribution in [2.75, 3.05) is 11.5 Å². The maximum Gasteiger partial charge on any atom is 0.206 e. The Bertz CT molecular complexity index is 779. The lowest BCUT2D eigenvalue weighted by molar-refractivity contribution is 0.104.